The minimum absolute atomic E-state index is 0.00329. The van der Waals surface area contributed by atoms with E-state index in [1.54, 1.807) is 4.68 Å². The van der Waals surface area contributed by atoms with Gasteiger partial charge in [-0.1, -0.05) is 39.5 Å². The fourth-order valence-electron chi connectivity index (χ4n) is 1.54. The zero-order valence-corrected chi connectivity index (χ0v) is 12.8. The molecule has 3 amide bonds. The molecule has 1 aromatic rings. The SMILES string of the molecule is CC(C)Cn1nnnc1S[C@@H](C(=O)NC(N)=O)C(C)C. The number of hydrogen-bond acceptors (Lipinski definition) is 6. The molecule has 0 aromatic carbocycles. The summed E-state index contributed by atoms with van der Waals surface area (Å²) in [5.74, 6) is -0.0463. The number of tetrazole rings is 1. The van der Waals surface area contributed by atoms with E-state index in [2.05, 4.69) is 34.7 Å². The molecular weight excluding hydrogens is 280 g/mol. The van der Waals surface area contributed by atoms with Crippen LogP contribution in [0.2, 0.25) is 0 Å². The first-order valence-electron chi connectivity index (χ1n) is 6.34. The first kappa shape index (κ1) is 16.4. The Kier molecular flexibility index (Phi) is 5.93. The van der Waals surface area contributed by atoms with E-state index in [4.69, 9.17) is 5.73 Å². The summed E-state index contributed by atoms with van der Waals surface area (Å²) in [6.45, 7) is 8.53. The van der Waals surface area contributed by atoms with Crippen LogP contribution < -0.4 is 11.1 Å². The van der Waals surface area contributed by atoms with Gasteiger partial charge in [-0.05, 0) is 22.3 Å². The van der Waals surface area contributed by atoms with Crippen molar-refractivity contribution in [3.63, 3.8) is 0 Å². The predicted molar refractivity (Wildman–Crippen MR) is 74.9 cm³/mol. The summed E-state index contributed by atoms with van der Waals surface area (Å²) in [4.78, 5) is 22.7. The maximum atomic E-state index is 11.9. The molecule has 1 atom stereocenters. The van der Waals surface area contributed by atoms with Crippen LogP contribution in [0.15, 0.2) is 5.16 Å². The molecule has 112 valence electrons. The molecule has 0 bridgehead atoms. The molecule has 0 unspecified atom stereocenters. The van der Waals surface area contributed by atoms with Crippen molar-refractivity contribution in [2.45, 2.75) is 44.6 Å². The topological polar surface area (TPSA) is 116 Å². The average Bonchev–Trinajstić information content (AvgIpc) is 2.70. The van der Waals surface area contributed by atoms with Crippen LogP contribution in [0.4, 0.5) is 4.79 Å². The number of primary amides is 1. The van der Waals surface area contributed by atoms with Crippen molar-refractivity contribution in [2.24, 2.45) is 17.6 Å². The number of imide groups is 1. The van der Waals surface area contributed by atoms with E-state index >= 15 is 0 Å². The van der Waals surface area contributed by atoms with Gasteiger partial charge in [-0.25, -0.2) is 9.48 Å². The monoisotopic (exact) mass is 300 g/mol. The van der Waals surface area contributed by atoms with Crippen LogP contribution in [0.25, 0.3) is 0 Å². The van der Waals surface area contributed by atoms with Crippen LogP contribution in [0, 0.1) is 11.8 Å². The number of rotatable bonds is 6. The minimum Gasteiger partial charge on any atom is -0.351 e. The lowest BCUT2D eigenvalue weighted by Crippen LogP contribution is -2.42. The highest BCUT2D eigenvalue weighted by atomic mass is 32.2. The predicted octanol–water partition coefficient (Wildman–Crippen LogP) is 0.641. The Labute approximate surface area is 121 Å². The third-order valence-corrected chi connectivity index (χ3v) is 3.90. The molecule has 0 fully saturated rings. The third-order valence-electron chi connectivity index (χ3n) is 2.38. The average molecular weight is 300 g/mol. The van der Waals surface area contributed by atoms with Crippen molar-refractivity contribution < 1.29 is 9.59 Å². The standard InChI is InChI=1S/C11H20N6O2S/c1-6(2)5-17-11(14-15-16-17)20-8(7(3)4)9(18)13-10(12)19/h6-8H,5H2,1-4H3,(H3,12,13,18,19)/t8-/m1/s1. The molecule has 20 heavy (non-hydrogen) atoms. The van der Waals surface area contributed by atoms with Crippen molar-refractivity contribution in [2.75, 3.05) is 0 Å². The van der Waals surface area contributed by atoms with Crippen molar-refractivity contribution in [3.8, 4) is 0 Å². The van der Waals surface area contributed by atoms with Crippen LogP contribution in [0.1, 0.15) is 27.7 Å². The molecule has 0 aliphatic carbocycles. The van der Waals surface area contributed by atoms with Gasteiger partial charge in [0.2, 0.25) is 11.1 Å². The number of nitrogens with zero attached hydrogens (tertiary/aromatic N) is 4. The number of thioether (sulfide) groups is 1. The number of urea groups is 1. The van der Waals surface area contributed by atoms with E-state index in [9.17, 15) is 9.59 Å². The van der Waals surface area contributed by atoms with E-state index in [0.29, 0.717) is 17.6 Å². The number of carbonyl (C=O) groups is 2. The zero-order valence-electron chi connectivity index (χ0n) is 12.0. The van der Waals surface area contributed by atoms with Gasteiger partial charge in [0.25, 0.3) is 0 Å². The summed E-state index contributed by atoms with van der Waals surface area (Å²) in [5, 5.41) is 13.6. The number of nitrogens with two attached hydrogens (primary N) is 1. The van der Waals surface area contributed by atoms with Crippen molar-refractivity contribution in [3.05, 3.63) is 0 Å². The second-order valence-corrected chi connectivity index (χ2v) is 6.28. The highest BCUT2D eigenvalue weighted by molar-refractivity contribution is 8.00. The first-order valence-corrected chi connectivity index (χ1v) is 7.22. The summed E-state index contributed by atoms with van der Waals surface area (Å²) in [5.41, 5.74) is 4.97. The Morgan fingerprint density at radius 1 is 1.35 bits per heavy atom. The van der Waals surface area contributed by atoms with E-state index in [0.717, 1.165) is 0 Å². The first-order chi connectivity index (χ1) is 9.31. The van der Waals surface area contributed by atoms with Gasteiger partial charge in [-0.2, -0.15) is 0 Å². The maximum Gasteiger partial charge on any atom is 0.318 e. The van der Waals surface area contributed by atoms with Crippen LogP contribution in [-0.4, -0.2) is 37.4 Å². The van der Waals surface area contributed by atoms with Gasteiger partial charge in [-0.3, -0.25) is 10.1 Å². The normalized spacial score (nSPS) is 12.7. The second-order valence-electron chi connectivity index (χ2n) is 5.17. The Morgan fingerprint density at radius 2 is 2.00 bits per heavy atom. The smallest absolute Gasteiger partial charge is 0.318 e. The number of nitrogens with one attached hydrogen (secondary N) is 1. The van der Waals surface area contributed by atoms with Gasteiger partial charge >= 0.3 is 6.03 Å². The summed E-state index contributed by atoms with van der Waals surface area (Å²) in [6, 6.07) is -0.858. The second kappa shape index (κ2) is 7.22. The number of amides is 3. The molecule has 1 heterocycles. The van der Waals surface area contributed by atoms with Crippen molar-refractivity contribution >= 4 is 23.7 Å². The fraction of sp³-hybridized carbons (Fsp3) is 0.727. The molecule has 0 saturated carbocycles. The molecule has 1 aromatic heterocycles. The third kappa shape index (κ3) is 4.80. The van der Waals surface area contributed by atoms with Crippen LogP contribution in [0.3, 0.4) is 0 Å². The lowest BCUT2D eigenvalue weighted by atomic mass is 10.1. The molecule has 9 heteroatoms. The number of carbonyl (C=O) groups excluding carboxylic acids is 2. The summed E-state index contributed by atoms with van der Waals surface area (Å²) < 4.78 is 1.66. The van der Waals surface area contributed by atoms with Gasteiger partial charge in [0.1, 0.15) is 0 Å². The Morgan fingerprint density at radius 3 is 2.50 bits per heavy atom. The van der Waals surface area contributed by atoms with E-state index in [1.165, 1.54) is 11.8 Å². The number of aromatic nitrogens is 4. The summed E-state index contributed by atoms with van der Waals surface area (Å²) >= 11 is 1.23. The van der Waals surface area contributed by atoms with Gasteiger partial charge < -0.3 is 5.73 Å². The van der Waals surface area contributed by atoms with Gasteiger partial charge in [0, 0.05) is 6.54 Å². The molecule has 8 nitrogen and oxygen atoms in total. The molecule has 3 N–H and O–H groups in total. The van der Waals surface area contributed by atoms with E-state index in [-0.39, 0.29) is 5.92 Å². The Bertz CT molecular complexity index is 473. The van der Waals surface area contributed by atoms with Gasteiger partial charge in [0.05, 0.1) is 5.25 Å². The Hall–Kier alpha value is -1.64. The molecular formula is C11H20N6O2S. The highest BCUT2D eigenvalue weighted by Gasteiger charge is 2.27. The largest absolute Gasteiger partial charge is 0.351 e. The lowest BCUT2D eigenvalue weighted by Gasteiger charge is -2.18. The fourth-order valence-corrected chi connectivity index (χ4v) is 2.52. The highest BCUT2D eigenvalue weighted by Crippen LogP contribution is 2.26. The maximum absolute atomic E-state index is 11.9. The summed E-state index contributed by atoms with van der Waals surface area (Å²) in [7, 11) is 0. The van der Waals surface area contributed by atoms with E-state index in [1.807, 2.05) is 13.8 Å². The van der Waals surface area contributed by atoms with Crippen LogP contribution in [0.5, 0.6) is 0 Å². The number of hydrogen-bond donors (Lipinski definition) is 2. The molecule has 0 radical (unpaired) electrons. The van der Waals surface area contributed by atoms with Crippen LogP contribution in [-0.2, 0) is 11.3 Å². The van der Waals surface area contributed by atoms with E-state index < -0.39 is 17.2 Å². The molecule has 0 saturated heterocycles. The molecule has 0 aliphatic heterocycles. The minimum atomic E-state index is -0.858. The van der Waals surface area contributed by atoms with Crippen molar-refractivity contribution in [1.29, 1.82) is 0 Å². The van der Waals surface area contributed by atoms with Crippen LogP contribution >= 0.6 is 11.8 Å². The van der Waals surface area contributed by atoms with Gasteiger partial charge in [-0.15, -0.1) is 5.10 Å². The lowest BCUT2D eigenvalue weighted by molar-refractivity contribution is -0.120. The molecule has 0 aliphatic rings. The van der Waals surface area contributed by atoms with Gasteiger partial charge in [0.15, 0.2) is 0 Å². The summed E-state index contributed by atoms with van der Waals surface area (Å²) in [6.07, 6.45) is 0. The van der Waals surface area contributed by atoms with Crippen molar-refractivity contribution in [1.82, 2.24) is 25.5 Å². The molecule has 1 rings (SSSR count). The Balaban J connectivity index is 2.83. The quantitative estimate of drug-likeness (QED) is 0.745. The molecule has 0 spiro atoms. The zero-order chi connectivity index (χ0) is 15.3.